The fourth-order valence-corrected chi connectivity index (χ4v) is 4.67. The highest BCUT2D eigenvalue weighted by molar-refractivity contribution is 6.06. The highest BCUT2D eigenvalue weighted by Crippen LogP contribution is 2.32. The zero-order chi connectivity index (χ0) is 21.8. The molecule has 4 fully saturated rings. The van der Waals surface area contributed by atoms with Gasteiger partial charge in [-0.05, 0) is 62.9 Å². The van der Waals surface area contributed by atoms with Crippen LogP contribution in [0.2, 0.25) is 0 Å². The number of amides is 2. The first-order valence-electron chi connectivity index (χ1n) is 10.7. The van der Waals surface area contributed by atoms with Crippen LogP contribution in [0.3, 0.4) is 0 Å². The summed E-state index contributed by atoms with van der Waals surface area (Å²) in [6.45, 7) is 1.50. The molecular weight excluding hydrogens is 411 g/mol. The molecule has 3 aliphatic heterocycles. The van der Waals surface area contributed by atoms with Crippen LogP contribution >= 0.6 is 0 Å². The van der Waals surface area contributed by atoms with Crippen molar-refractivity contribution in [1.29, 1.82) is 0 Å². The summed E-state index contributed by atoms with van der Waals surface area (Å²) in [5.74, 6) is -0.218. The van der Waals surface area contributed by atoms with E-state index in [0.29, 0.717) is 17.0 Å². The summed E-state index contributed by atoms with van der Waals surface area (Å²) in [6, 6.07) is 4.53. The molecule has 0 spiro atoms. The molecule has 2 N–H and O–H groups in total. The van der Waals surface area contributed by atoms with Gasteiger partial charge in [-0.1, -0.05) is 0 Å². The van der Waals surface area contributed by atoms with Crippen LogP contribution in [0.4, 0.5) is 18.9 Å². The zero-order valence-electron chi connectivity index (χ0n) is 16.9. The topological polar surface area (TPSA) is 79.3 Å². The minimum absolute atomic E-state index is 0.0110. The lowest BCUT2D eigenvalue weighted by Crippen LogP contribution is -2.57. The molecule has 4 heterocycles. The van der Waals surface area contributed by atoms with Crippen LogP contribution in [0.1, 0.15) is 36.2 Å². The Morgan fingerprint density at radius 1 is 1.13 bits per heavy atom. The van der Waals surface area contributed by atoms with E-state index in [1.807, 2.05) is 0 Å². The first-order valence-corrected chi connectivity index (χ1v) is 10.7. The van der Waals surface area contributed by atoms with Crippen molar-refractivity contribution in [3.63, 3.8) is 0 Å². The first-order chi connectivity index (χ1) is 14.8. The van der Waals surface area contributed by atoms with Crippen LogP contribution in [0.15, 0.2) is 18.2 Å². The smallest absolute Gasteiger partial charge is 0.346 e. The number of piperidine rings is 3. The van der Waals surface area contributed by atoms with Crippen molar-refractivity contribution in [2.75, 3.05) is 25.0 Å². The Labute approximate surface area is 176 Å². The minimum atomic E-state index is -4.47. The van der Waals surface area contributed by atoms with Crippen LogP contribution in [0, 0.1) is 11.8 Å². The van der Waals surface area contributed by atoms with Crippen molar-refractivity contribution >= 4 is 28.4 Å². The number of carbonyl (C=O) groups is 2. The van der Waals surface area contributed by atoms with Gasteiger partial charge in [-0.3, -0.25) is 14.3 Å². The number of benzene rings is 1. The highest BCUT2D eigenvalue weighted by atomic mass is 19.4. The molecule has 3 saturated heterocycles. The predicted molar refractivity (Wildman–Crippen MR) is 108 cm³/mol. The molecule has 31 heavy (non-hydrogen) atoms. The molecule has 1 unspecified atom stereocenters. The van der Waals surface area contributed by atoms with Gasteiger partial charge in [-0.25, -0.2) is 0 Å². The number of carbonyl (C=O) groups excluding carboxylic acids is 2. The second kappa shape index (κ2) is 7.51. The van der Waals surface area contributed by atoms with Crippen LogP contribution in [0.5, 0.6) is 0 Å². The van der Waals surface area contributed by atoms with E-state index in [0.717, 1.165) is 50.0 Å². The van der Waals surface area contributed by atoms with Crippen LogP contribution in [-0.2, 0) is 11.3 Å². The van der Waals surface area contributed by atoms with Crippen LogP contribution < -0.4 is 10.6 Å². The standard InChI is InChI=1S/C21H24F3N5O2/c22-21(23,24)11-29-17-4-3-14(25-19(30)13-1-2-13)9-15(17)18(27-29)20(31)26-16-10-28-7-5-12(16)6-8-28/h3-4,9,12-13,16H,1-2,5-8,10-11H2,(H,25,30)(H,26,31). The SMILES string of the molecule is O=C(NC1CN2CCC1CC2)c1nn(CC(F)(F)F)c2ccc(NC(=O)C3CC3)cc12. The third kappa shape index (κ3) is 4.26. The number of anilines is 1. The molecule has 166 valence electrons. The molecule has 4 aliphatic rings. The normalized spacial score (nSPS) is 25.6. The predicted octanol–water partition coefficient (Wildman–Crippen LogP) is 2.77. The Kier molecular flexibility index (Phi) is 4.91. The molecule has 6 rings (SSSR count). The van der Waals surface area contributed by atoms with Crippen molar-refractivity contribution < 1.29 is 22.8 Å². The molecule has 2 amide bonds. The second-order valence-corrected chi connectivity index (χ2v) is 8.83. The lowest BCUT2D eigenvalue weighted by Gasteiger charge is -2.44. The van der Waals surface area contributed by atoms with E-state index in [-0.39, 0.29) is 29.1 Å². The number of halogens is 3. The average Bonchev–Trinajstić information content (AvgIpc) is 3.51. The molecule has 1 saturated carbocycles. The van der Waals surface area contributed by atoms with Gasteiger partial charge in [-0.15, -0.1) is 0 Å². The summed E-state index contributed by atoms with van der Waals surface area (Å²) in [6.07, 6.45) is -0.784. The maximum atomic E-state index is 13.1. The lowest BCUT2D eigenvalue weighted by molar-refractivity contribution is -0.141. The van der Waals surface area contributed by atoms with Gasteiger partial charge in [0.05, 0.1) is 5.52 Å². The zero-order valence-corrected chi connectivity index (χ0v) is 16.9. The Hall–Kier alpha value is -2.62. The number of rotatable bonds is 5. The number of nitrogens with zero attached hydrogens (tertiary/aromatic N) is 3. The number of hydrogen-bond donors (Lipinski definition) is 2. The van der Waals surface area contributed by atoms with Crippen molar-refractivity contribution in [2.24, 2.45) is 11.8 Å². The number of nitrogens with one attached hydrogen (secondary N) is 2. The van der Waals surface area contributed by atoms with E-state index in [9.17, 15) is 22.8 Å². The Balaban J connectivity index is 1.45. The van der Waals surface area contributed by atoms with Crippen LogP contribution in [-0.4, -0.2) is 58.3 Å². The fourth-order valence-electron chi connectivity index (χ4n) is 4.67. The minimum Gasteiger partial charge on any atom is -0.346 e. The van der Waals surface area contributed by atoms with Gasteiger partial charge in [-0.2, -0.15) is 18.3 Å². The molecule has 1 aromatic heterocycles. The van der Waals surface area contributed by atoms with Gasteiger partial charge >= 0.3 is 6.18 Å². The Morgan fingerprint density at radius 2 is 1.87 bits per heavy atom. The van der Waals surface area contributed by atoms with Crippen molar-refractivity contribution in [1.82, 2.24) is 20.0 Å². The molecule has 7 nitrogen and oxygen atoms in total. The van der Waals surface area contributed by atoms with Gasteiger partial charge < -0.3 is 15.5 Å². The summed E-state index contributed by atoms with van der Waals surface area (Å²) in [7, 11) is 0. The lowest BCUT2D eigenvalue weighted by atomic mass is 9.84. The maximum Gasteiger partial charge on any atom is 0.408 e. The number of hydrogen-bond acceptors (Lipinski definition) is 4. The van der Waals surface area contributed by atoms with Gasteiger partial charge in [0.1, 0.15) is 6.54 Å². The Morgan fingerprint density at radius 3 is 2.48 bits per heavy atom. The first kappa shape index (κ1) is 20.3. The number of aromatic nitrogens is 2. The van der Waals surface area contributed by atoms with E-state index >= 15 is 0 Å². The van der Waals surface area contributed by atoms with Gasteiger partial charge in [0.15, 0.2) is 5.69 Å². The van der Waals surface area contributed by atoms with E-state index in [1.165, 1.54) is 6.07 Å². The van der Waals surface area contributed by atoms with Gasteiger partial charge in [0.2, 0.25) is 5.91 Å². The van der Waals surface area contributed by atoms with Crippen LogP contribution in [0.25, 0.3) is 10.9 Å². The summed E-state index contributed by atoms with van der Waals surface area (Å²) in [4.78, 5) is 27.4. The molecular formula is C21H24F3N5O2. The average molecular weight is 435 g/mol. The molecule has 2 aromatic rings. The van der Waals surface area contributed by atoms with E-state index in [4.69, 9.17) is 0 Å². The number of fused-ring (bicyclic) bond motifs is 4. The third-order valence-electron chi connectivity index (χ3n) is 6.48. The van der Waals surface area contributed by atoms with Crippen molar-refractivity contribution in [3.05, 3.63) is 23.9 Å². The van der Waals surface area contributed by atoms with Crippen molar-refractivity contribution in [3.8, 4) is 0 Å². The van der Waals surface area contributed by atoms with E-state index < -0.39 is 18.6 Å². The van der Waals surface area contributed by atoms with Gasteiger partial charge in [0, 0.05) is 29.6 Å². The molecule has 1 atom stereocenters. The molecule has 1 aliphatic carbocycles. The summed E-state index contributed by atoms with van der Waals surface area (Å²) in [5.41, 5.74) is 0.617. The molecule has 1 aromatic carbocycles. The van der Waals surface area contributed by atoms with Gasteiger partial charge in [0.25, 0.3) is 5.91 Å². The van der Waals surface area contributed by atoms with Crippen molar-refractivity contribution in [2.45, 2.75) is 44.4 Å². The van der Waals surface area contributed by atoms with E-state index in [2.05, 4.69) is 20.6 Å². The highest BCUT2D eigenvalue weighted by Gasteiger charge is 2.36. The Bertz CT molecular complexity index is 1020. The quantitative estimate of drug-likeness (QED) is 0.757. The molecule has 0 radical (unpaired) electrons. The largest absolute Gasteiger partial charge is 0.408 e. The molecule has 2 bridgehead atoms. The number of alkyl halides is 3. The third-order valence-corrected chi connectivity index (χ3v) is 6.48. The summed E-state index contributed by atoms with van der Waals surface area (Å²) < 4.78 is 40.0. The summed E-state index contributed by atoms with van der Waals surface area (Å²) in [5, 5.41) is 10.1. The fraction of sp³-hybridized carbons (Fsp3) is 0.571. The monoisotopic (exact) mass is 435 g/mol. The van der Waals surface area contributed by atoms with E-state index in [1.54, 1.807) is 12.1 Å². The second-order valence-electron chi connectivity index (χ2n) is 8.83. The summed E-state index contributed by atoms with van der Waals surface area (Å²) >= 11 is 0. The maximum absolute atomic E-state index is 13.1. The molecule has 10 heteroatoms.